The van der Waals surface area contributed by atoms with Crippen LogP contribution in [0.2, 0.25) is 0 Å². The van der Waals surface area contributed by atoms with Crippen molar-refractivity contribution < 1.29 is 14.3 Å². The van der Waals surface area contributed by atoms with Gasteiger partial charge in [-0.3, -0.25) is 9.59 Å². The third kappa shape index (κ3) is 8.87. The van der Waals surface area contributed by atoms with Gasteiger partial charge in [0.2, 0.25) is 11.8 Å². The molecule has 5 nitrogen and oxygen atoms in total. The van der Waals surface area contributed by atoms with Crippen molar-refractivity contribution in [3.63, 3.8) is 0 Å². The van der Waals surface area contributed by atoms with E-state index in [0.717, 1.165) is 21.3 Å². The van der Waals surface area contributed by atoms with E-state index >= 15 is 0 Å². The topological polar surface area (TPSA) is 58.6 Å². The maximum Gasteiger partial charge on any atom is 0.243 e. The maximum absolute atomic E-state index is 13.5. The summed E-state index contributed by atoms with van der Waals surface area (Å²) in [5, 5.41) is 3.02. The highest BCUT2D eigenvalue weighted by Gasteiger charge is 2.30. The molecule has 0 aliphatic rings. The second-order valence-electron chi connectivity index (χ2n) is 8.79. The Morgan fingerprint density at radius 1 is 0.914 bits per heavy atom. The van der Waals surface area contributed by atoms with Crippen molar-refractivity contribution in [3.8, 4) is 5.75 Å². The molecular formula is C29H33BrN2O3. The number of hydrogen-bond acceptors (Lipinski definition) is 3. The molecular weight excluding hydrogens is 504 g/mol. The van der Waals surface area contributed by atoms with E-state index in [9.17, 15) is 9.59 Å². The SMILES string of the molecule is CC(C)NC(=O)C(Cc1ccccc1)N(Cc1cccc(Br)c1)C(=O)CCCOc1ccccc1. The summed E-state index contributed by atoms with van der Waals surface area (Å²) >= 11 is 3.52. The Labute approximate surface area is 216 Å². The highest BCUT2D eigenvalue weighted by atomic mass is 79.9. The normalized spacial score (nSPS) is 11.7. The second-order valence-corrected chi connectivity index (χ2v) is 9.70. The molecule has 0 aromatic heterocycles. The van der Waals surface area contributed by atoms with Crippen molar-refractivity contribution >= 4 is 27.7 Å². The molecule has 0 radical (unpaired) electrons. The summed E-state index contributed by atoms with van der Waals surface area (Å²) in [7, 11) is 0. The lowest BCUT2D eigenvalue weighted by molar-refractivity contribution is -0.141. The van der Waals surface area contributed by atoms with Crippen molar-refractivity contribution in [2.75, 3.05) is 6.61 Å². The van der Waals surface area contributed by atoms with Gasteiger partial charge in [0.15, 0.2) is 0 Å². The van der Waals surface area contributed by atoms with Gasteiger partial charge in [-0.05, 0) is 55.7 Å². The van der Waals surface area contributed by atoms with Crippen molar-refractivity contribution in [3.05, 3.63) is 101 Å². The van der Waals surface area contributed by atoms with Crippen LogP contribution in [0.3, 0.4) is 0 Å². The van der Waals surface area contributed by atoms with E-state index in [1.807, 2.05) is 98.8 Å². The number of carbonyl (C=O) groups excluding carboxylic acids is 2. The van der Waals surface area contributed by atoms with Crippen LogP contribution in [0, 0.1) is 0 Å². The minimum absolute atomic E-state index is 0.0251. The standard InChI is InChI=1S/C29H33BrN2O3/c1-22(2)31-29(34)27(20-23-11-5-3-6-12-23)32(21-24-13-9-14-25(30)19-24)28(33)17-10-18-35-26-15-7-4-8-16-26/h3-9,11-16,19,22,27H,10,17-18,20-21H2,1-2H3,(H,31,34). The number of carbonyl (C=O) groups is 2. The minimum Gasteiger partial charge on any atom is -0.494 e. The summed E-state index contributed by atoms with van der Waals surface area (Å²) in [6.07, 6.45) is 1.30. The molecule has 0 aliphatic carbocycles. The third-order valence-electron chi connectivity index (χ3n) is 5.49. The largest absolute Gasteiger partial charge is 0.494 e. The van der Waals surface area contributed by atoms with Crippen LogP contribution in [0.1, 0.15) is 37.8 Å². The fourth-order valence-electron chi connectivity index (χ4n) is 3.84. The predicted octanol–water partition coefficient (Wildman–Crippen LogP) is 5.77. The Kier molecular flexibility index (Phi) is 10.4. The number of ether oxygens (including phenoxy) is 1. The van der Waals surface area contributed by atoms with E-state index in [0.29, 0.717) is 32.4 Å². The molecule has 1 atom stereocenters. The first-order valence-electron chi connectivity index (χ1n) is 12.0. The van der Waals surface area contributed by atoms with E-state index in [2.05, 4.69) is 21.2 Å². The molecule has 3 aromatic rings. The van der Waals surface area contributed by atoms with Crippen molar-refractivity contribution in [1.29, 1.82) is 0 Å². The molecule has 1 unspecified atom stereocenters. The summed E-state index contributed by atoms with van der Waals surface area (Å²) in [6.45, 7) is 4.64. The summed E-state index contributed by atoms with van der Waals surface area (Å²) in [4.78, 5) is 28.6. The van der Waals surface area contributed by atoms with Gasteiger partial charge in [0.1, 0.15) is 11.8 Å². The molecule has 0 aliphatic heterocycles. The molecule has 0 spiro atoms. The number of rotatable bonds is 12. The zero-order valence-electron chi connectivity index (χ0n) is 20.3. The molecule has 3 rings (SSSR count). The average molecular weight is 537 g/mol. The molecule has 1 N–H and O–H groups in total. The van der Waals surface area contributed by atoms with Gasteiger partial charge in [-0.15, -0.1) is 0 Å². The van der Waals surface area contributed by atoms with Gasteiger partial charge in [0.25, 0.3) is 0 Å². The molecule has 2 amide bonds. The smallest absolute Gasteiger partial charge is 0.243 e. The molecule has 0 fully saturated rings. The lowest BCUT2D eigenvalue weighted by atomic mass is 10.0. The van der Waals surface area contributed by atoms with E-state index in [1.54, 1.807) is 4.90 Å². The van der Waals surface area contributed by atoms with E-state index in [4.69, 9.17) is 4.74 Å². The van der Waals surface area contributed by atoms with E-state index < -0.39 is 6.04 Å². The van der Waals surface area contributed by atoms with Crippen LogP contribution in [0.15, 0.2) is 89.4 Å². The minimum atomic E-state index is -0.624. The molecule has 0 bridgehead atoms. The molecule has 0 saturated heterocycles. The van der Waals surface area contributed by atoms with Gasteiger partial charge in [-0.25, -0.2) is 0 Å². The highest BCUT2D eigenvalue weighted by Crippen LogP contribution is 2.19. The first kappa shape index (κ1) is 26.5. The number of nitrogens with zero attached hydrogens (tertiary/aromatic N) is 1. The molecule has 0 heterocycles. The molecule has 6 heteroatoms. The molecule has 35 heavy (non-hydrogen) atoms. The zero-order chi connectivity index (χ0) is 25.0. The third-order valence-corrected chi connectivity index (χ3v) is 5.98. The molecule has 184 valence electrons. The van der Waals surface area contributed by atoms with Gasteiger partial charge in [0.05, 0.1) is 6.61 Å². The first-order valence-corrected chi connectivity index (χ1v) is 12.8. The van der Waals surface area contributed by atoms with Crippen LogP contribution in [0.25, 0.3) is 0 Å². The van der Waals surface area contributed by atoms with Gasteiger partial charge >= 0.3 is 0 Å². The predicted molar refractivity (Wildman–Crippen MR) is 143 cm³/mol. The number of halogens is 1. The van der Waals surface area contributed by atoms with Crippen LogP contribution in [-0.2, 0) is 22.6 Å². The monoisotopic (exact) mass is 536 g/mol. The van der Waals surface area contributed by atoms with Crippen molar-refractivity contribution in [2.45, 2.75) is 51.7 Å². The van der Waals surface area contributed by atoms with Crippen LogP contribution in [-0.4, -0.2) is 35.4 Å². The Morgan fingerprint density at radius 3 is 2.23 bits per heavy atom. The number of hydrogen-bond donors (Lipinski definition) is 1. The Hall–Kier alpha value is -3.12. The van der Waals surface area contributed by atoms with Crippen molar-refractivity contribution in [2.24, 2.45) is 0 Å². The summed E-state index contributed by atoms with van der Waals surface area (Å²) in [5.41, 5.74) is 1.97. The fraction of sp³-hybridized carbons (Fsp3) is 0.310. The second kappa shape index (κ2) is 13.7. The Balaban J connectivity index is 1.79. The van der Waals surface area contributed by atoms with Gasteiger partial charge in [-0.2, -0.15) is 0 Å². The van der Waals surface area contributed by atoms with Gasteiger partial charge < -0.3 is 15.0 Å². The Bertz CT molecular complexity index is 1070. The van der Waals surface area contributed by atoms with Gasteiger partial charge in [0, 0.05) is 29.9 Å². The zero-order valence-corrected chi connectivity index (χ0v) is 21.9. The highest BCUT2D eigenvalue weighted by molar-refractivity contribution is 9.10. The fourth-order valence-corrected chi connectivity index (χ4v) is 4.29. The quantitative estimate of drug-likeness (QED) is 0.299. The van der Waals surface area contributed by atoms with Crippen LogP contribution in [0.4, 0.5) is 0 Å². The van der Waals surface area contributed by atoms with E-state index in [-0.39, 0.29) is 17.9 Å². The first-order chi connectivity index (χ1) is 16.9. The lowest BCUT2D eigenvalue weighted by Gasteiger charge is -2.32. The maximum atomic E-state index is 13.5. The van der Waals surface area contributed by atoms with Crippen molar-refractivity contribution in [1.82, 2.24) is 10.2 Å². The van der Waals surface area contributed by atoms with Crippen LogP contribution >= 0.6 is 15.9 Å². The lowest BCUT2D eigenvalue weighted by Crippen LogP contribution is -2.51. The summed E-state index contributed by atoms with van der Waals surface area (Å²) < 4.78 is 6.71. The van der Waals surface area contributed by atoms with Crippen LogP contribution < -0.4 is 10.1 Å². The summed E-state index contributed by atoms with van der Waals surface area (Å²) in [6, 6.07) is 26.6. The van der Waals surface area contributed by atoms with Crippen LogP contribution in [0.5, 0.6) is 5.75 Å². The average Bonchev–Trinajstić information content (AvgIpc) is 2.85. The number of para-hydroxylation sites is 1. The number of benzene rings is 3. The molecule has 0 saturated carbocycles. The summed E-state index contributed by atoms with van der Waals surface area (Å²) in [5.74, 6) is 0.568. The van der Waals surface area contributed by atoms with E-state index in [1.165, 1.54) is 0 Å². The Morgan fingerprint density at radius 2 is 1.57 bits per heavy atom. The molecule has 3 aromatic carbocycles. The number of nitrogens with one attached hydrogen (secondary N) is 1. The number of amides is 2. The van der Waals surface area contributed by atoms with Gasteiger partial charge in [-0.1, -0.05) is 76.6 Å².